The first-order valence-corrected chi connectivity index (χ1v) is 31.2. The molecule has 0 aliphatic heterocycles. The lowest BCUT2D eigenvalue weighted by atomic mass is 9.66. The largest absolute Gasteiger partial charge is 0.336 e. The third kappa shape index (κ3) is 1.56. The molecule has 3 nitrogen and oxygen atoms in total. The Labute approximate surface area is 429 Å². The maximum absolute atomic E-state index is 17.5. The fourth-order valence-corrected chi connectivity index (χ4v) is 32.0. The fourth-order valence-electron chi connectivity index (χ4n) is 29.1. The van der Waals surface area contributed by atoms with Gasteiger partial charge in [-0.05, 0) is 381 Å². The molecular weight excluding hydrogens is 980 g/mol. The molecule has 1 fully saturated rings. The van der Waals surface area contributed by atoms with Crippen LogP contribution in [0.4, 0.5) is 0 Å². The second kappa shape index (κ2) is 6.66. The molecule has 2 atom stereocenters. The number of hydrogen-bond donors (Lipinski definition) is 0. The zero-order valence-corrected chi connectivity index (χ0v) is 41.6. The van der Waals surface area contributed by atoms with Crippen molar-refractivity contribution >= 4 is 352 Å². The lowest BCUT2D eigenvalue weighted by Crippen LogP contribution is -2.27. The Hall–Kier alpha value is -8.69. The third-order valence-corrected chi connectivity index (χ3v) is 31.5. The van der Waals surface area contributed by atoms with Gasteiger partial charge in [0.05, 0.1) is 29.7 Å². The molecule has 38 rings (SSSR count). The highest BCUT2D eigenvalue weighted by Crippen LogP contribution is 2.96. The van der Waals surface area contributed by atoms with E-state index < -0.39 is 18.4 Å². The lowest BCUT2D eigenvalue weighted by Gasteiger charge is -2.34. The van der Waals surface area contributed by atoms with Gasteiger partial charge < -0.3 is 9.05 Å². The molecule has 0 heterocycles. The van der Waals surface area contributed by atoms with E-state index in [2.05, 4.69) is 13.8 Å². The molecule has 0 bridgehead atoms. The van der Waals surface area contributed by atoms with Crippen LogP contribution in [0.5, 0.6) is 0 Å². The average Bonchev–Trinajstić information content (AvgIpc) is 1.52. The van der Waals surface area contributed by atoms with Crippen molar-refractivity contribution in [1.82, 2.24) is 0 Å². The Morgan fingerprint density at radius 1 is 0.215 bits per heavy atom. The third-order valence-electron chi connectivity index (χ3n) is 28.9. The summed E-state index contributed by atoms with van der Waals surface area (Å²) >= 11 is 0. The number of benzene rings is 23. The minimum absolute atomic E-state index is 0.361. The molecule has 0 aromatic heterocycles. The molecule has 5 aliphatic rings. The van der Waals surface area contributed by atoms with Crippen LogP contribution in [0.2, 0.25) is 0 Å². The van der Waals surface area contributed by atoms with Crippen LogP contribution >= 0.6 is 7.60 Å². The van der Waals surface area contributed by atoms with E-state index in [1.165, 1.54) is 0 Å². The highest BCUT2D eigenvalue weighted by atomic mass is 31.2. The van der Waals surface area contributed by atoms with E-state index in [1.54, 1.807) is 367 Å². The molecule has 79 heavy (non-hydrogen) atoms. The minimum atomic E-state index is -3.88. The molecule has 1 saturated carbocycles. The molecule has 4 heteroatoms. The molecule has 0 amide bonds. The van der Waals surface area contributed by atoms with Gasteiger partial charge in [-0.25, -0.2) is 0 Å². The van der Waals surface area contributed by atoms with Gasteiger partial charge in [0.1, 0.15) is 0 Å². The van der Waals surface area contributed by atoms with Crippen LogP contribution < -0.4 is 0 Å². The van der Waals surface area contributed by atoms with Gasteiger partial charge in [-0.15, -0.1) is 0 Å². The van der Waals surface area contributed by atoms with Crippen molar-refractivity contribution in [3.63, 3.8) is 0 Å². The summed E-state index contributed by atoms with van der Waals surface area (Å²) in [6, 6.07) is 0. The zero-order valence-electron chi connectivity index (χ0n) is 40.7. The molecular formula is C75H11O3P. The summed E-state index contributed by atoms with van der Waals surface area (Å²) in [4.78, 5) is 0. The molecule has 0 radical (unpaired) electrons. The van der Waals surface area contributed by atoms with Crippen LogP contribution in [-0.4, -0.2) is 18.9 Å². The first-order chi connectivity index (χ1) is 39.2. The molecule has 33 aromatic carbocycles. The minimum Gasteiger partial charge on any atom is -0.309 e. The standard InChI is InChI=1S/C75H11O3P/c1-3-77-79(76,78-4-2)73-74-69-61-53-42-31-21-11-6-5-7-9-8(6)15-19-20-16(9)24-22-12(7)18-14-10(5)13-17(11)27(31)38-33-25(13)26(14)34-39-28(18)32(22)43-45-36(24)41-30(20)37-29(19)40-35(23(15)21)44(42)57-50(40)59-52(37)60-51(41)58(45)66-62-54(43)49(39)56-47(34)46(33)55(48(38)53)63(69)64(56)70(62)75(73,74)72(66)68(60)67(59)71(74)65(57)61/h73H,3-4H2,1-2H3. The van der Waals surface area contributed by atoms with Gasteiger partial charge in [0.25, 0.3) is 0 Å². The second-order valence-corrected chi connectivity index (χ2v) is 31.0. The van der Waals surface area contributed by atoms with E-state index in [4.69, 9.17) is 9.05 Å². The molecule has 334 valence electrons. The van der Waals surface area contributed by atoms with Crippen molar-refractivity contribution in [2.24, 2.45) is 0 Å². The summed E-state index contributed by atoms with van der Waals surface area (Å²) in [6.45, 7) is 4.88. The second-order valence-electron chi connectivity index (χ2n) is 28.9. The van der Waals surface area contributed by atoms with Gasteiger partial charge in [0, 0.05) is 0 Å². The first-order valence-electron chi connectivity index (χ1n) is 29.6. The summed E-state index contributed by atoms with van der Waals surface area (Å²) in [5.41, 5.74) is 4.55. The van der Waals surface area contributed by atoms with Crippen molar-refractivity contribution in [1.29, 1.82) is 0 Å². The highest BCUT2D eigenvalue weighted by Gasteiger charge is 2.91. The summed E-state index contributed by atoms with van der Waals surface area (Å²) in [7, 11) is -3.88. The van der Waals surface area contributed by atoms with Gasteiger partial charge in [0.2, 0.25) is 0 Å². The smallest absolute Gasteiger partial charge is 0.309 e. The van der Waals surface area contributed by atoms with E-state index >= 15 is 4.57 Å². The van der Waals surface area contributed by atoms with Crippen LogP contribution in [0.25, 0.3) is 345 Å². The van der Waals surface area contributed by atoms with Crippen LogP contribution in [0.15, 0.2) is 0 Å². The monoisotopic (exact) mass is 990 g/mol. The Balaban J connectivity index is 1.13. The van der Waals surface area contributed by atoms with Crippen molar-refractivity contribution in [3.05, 3.63) is 22.3 Å². The maximum atomic E-state index is 17.5. The summed E-state index contributed by atoms with van der Waals surface area (Å²) in [6.07, 6.45) is 0. The normalized spacial score (nSPS) is 23.0. The van der Waals surface area contributed by atoms with Crippen molar-refractivity contribution < 1.29 is 13.6 Å². The van der Waals surface area contributed by atoms with Crippen LogP contribution in [0, 0.1) is 0 Å². The van der Waals surface area contributed by atoms with Gasteiger partial charge in [-0.3, -0.25) is 4.57 Å². The predicted octanol–water partition coefficient (Wildman–Crippen LogP) is 20.9. The van der Waals surface area contributed by atoms with Gasteiger partial charge in [0.15, 0.2) is 0 Å². The van der Waals surface area contributed by atoms with Gasteiger partial charge in [-0.2, -0.15) is 0 Å². The highest BCUT2D eigenvalue weighted by molar-refractivity contribution is 7.55. The molecule has 5 aliphatic carbocycles. The van der Waals surface area contributed by atoms with Crippen molar-refractivity contribution in [2.45, 2.75) is 30.3 Å². The van der Waals surface area contributed by atoms with E-state index in [0.29, 0.717) is 13.2 Å². The Kier molecular flexibility index (Phi) is 2.52. The average molecular weight is 991 g/mol. The van der Waals surface area contributed by atoms with Crippen molar-refractivity contribution in [3.8, 4) is 0 Å². The lowest BCUT2D eigenvalue weighted by molar-refractivity contribution is 0.217. The van der Waals surface area contributed by atoms with Crippen LogP contribution in [-0.2, 0) is 24.4 Å². The number of hydrogen-bond acceptors (Lipinski definition) is 3. The fraction of sp³-hybridized carbons (Fsp3) is 0.0933. The first kappa shape index (κ1) is 29.9. The Morgan fingerprint density at radius 2 is 0.316 bits per heavy atom. The van der Waals surface area contributed by atoms with E-state index in [0.717, 1.165) is 0 Å². The SMILES string of the molecule is CCOP(=O)(OCC)C1C23c4c5c6c7c8c9c(c%10c%11c2c2c4c4c%12c5c5c6c6c8c8c%13c9c9c%10c%10c%14c%11c%11c2c2c4c4c%12c%12c5c5c6c8c6c8c%13c%13c9c%10c9c%10c%14c%11c%11c2c2c4c4c%12c5c6c5c4c4c2c%11c%10c2c9c%13c8c5c24)C713. The Morgan fingerprint density at radius 3 is 0.418 bits per heavy atom. The molecule has 2 spiro atoms. The summed E-state index contributed by atoms with van der Waals surface area (Å²) < 4.78 is 31.8. The number of rotatable bonds is 5. The van der Waals surface area contributed by atoms with Gasteiger partial charge in [-0.1, -0.05) is 0 Å². The molecule has 0 saturated heterocycles. The molecule has 33 aromatic rings. The topological polar surface area (TPSA) is 35.5 Å². The zero-order chi connectivity index (χ0) is 47.2. The van der Waals surface area contributed by atoms with Crippen LogP contribution in [0.1, 0.15) is 36.1 Å². The summed E-state index contributed by atoms with van der Waals surface area (Å²) in [5.74, 6) is 0. The van der Waals surface area contributed by atoms with E-state index in [9.17, 15) is 0 Å². The van der Waals surface area contributed by atoms with Crippen LogP contribution in [0.3, 0.4) is 0 Å². The van der Waals surface area contributed by atoms with E-state index in [-0.39, 0.29) is 5.66 Å². The molecule has 2 unspecified atom stereocenters. The quantitative estimate of drug-likeness (QED) is 0.0979. The maximum Gasteiger partial charge on any atom is 0.336 e. The van der Waals surface area contributed by atoms with E-state index in [1.807, 2.05) is 0 Å². The Bertz CT molecular complexity index is 8420. The van der Waals surface area contributed by atoms with Crippen molar-refractivity contribution in [2.75, 3.05) is 13.2 Å². The van der Waals surface area contributed by atoms with Gasteiger partial charge >= 0.3 is 7.60 Å². The summed E-state index contributed by atoms with van der Waals surface area (Å²) in [5, 5.41) is 102. The predicted molar refractivity (Wildman–Crippen MR) is 332 cm³/mol. The molecule has 0 N–H and O–H groups in total.